The highest BCUT2D eigenvalue weighted by atomic mass is 32.2. The number of ether oxygens (including phenoxy) is 3. The van der Waals surface area contributed by atoms with Gasteiger partial charge in [-0.1, -0.05) is 30.0 Å². The third-order valence-electron chi connectivity index (χ3n) is 5.31. The molecule has 1 aliphatic rings. The lowest BCUT2D eigenvalue weighted by atomic mass is 10.2. The van der Waals surface area contributed by atoms with Gasteiger partial charge in [0.25, 0.3) is 5.91 Å². The molecule has 186 valence electrons. The van der Waals surface area contributed by atoms with Gasteiger partial charge in [0.1, 0.15) is 17.2 Å². The first-order valence-corrected chi connectivity index (χ1v) is 13.2. The maximum atomic E-state index is 13.3. The molecule has 8 nitrogen and oxygen atoms in total. The van der Waals surface area contributed by atoms with Gasteiger partial charge in [-0.15, -0.1) is 0 Å². The lowest BCUT2D eigenvalue weighted by Crippen LogP contribution is -2.17. The summed E-state index contributed by atoms with van der Waals surface area (Å²) in [5, 5.41) is 2.80. The van der Waals surface area contributed by atoms with E-state index in [1.165, 1.54) is 39.0 Å². The molecular formula is C26H23NO7S2. The van der Waals surface area contributed by atoms with Crippen molar-refractivity contribution in [1.82, 2.24) is 0 Å². The highest BCUT2D eigenvalue weighted by Gasteiger charge is 2.26. The number of carbonyl (C=O) groups is 2. The predicted octanol–water partition coefficient (Wildman–Crippen LogP) is 4.69. The summed E-state index contributed by atoms with van der Waals surface area (Å²) in [7, 11) is -0.817. The molecule has 10 heteroatoms. The quantitative estimate of drug-likeness (QED) is 0.269. The molecule has 0 atom stereocenters. The molecule has 0 saturated carbocycles. The van der Waals surface area contributed by atoms with Crippen LogP contribution in [-0.2, 0) is 25.2 Å². The number of carbonyl (C=O) groups excluding carboxylic acids is 2. The van der Waals surface area contributed by atoms with E-state index in [0.29, 0.717) is 38.3 Å². The Balaban J connectivity index is 1.61. The lowest BCUT2D eigenvalue weighted by molar-refractivity contribution is -0.131. The molecule has 1 amide bonds. The molecule has 1 heterocycles. The summed E-state index contributed by atoms with van der Waals surface area (Å²) in [5.74, 6) is 0.205. The van der Waals surface area contributed by atoms with E-state index in [1.54, 1.807) is 60.7 Å². The van der Waals surface area contributed by atoms with Crippen LogP contribution in [0.2, 0.25) is 0 Å². The average molecular weight is 526 g/mol. The molecule has 0 saturated heterocycles. The number of hydrogen-bond donors (Lipinski definition) is 1. The monoisotopic (exact) mass is 525 g/mol. The molecule has 0 aliphatic carbocycles. The van der Waals surface area contributed by atoms with Gasteiger partial charge < -0.3 is 19.5 Å². The number of amides is 1. The van der Waals surface area contributed by atoms with Crippen LogP contribution in [-0.4, -0.2) is 34.5 Å². The van der Waals surface area contributed by atoms with Crippen molar-refractivity contribution >= 4 is 45.2 Å². The molecule has 4 rings (SSSR count). The molecule has 0 spiro atoms. The van der Waals surface area contributed by atoms with Crippen molar-refractivity contribution in [3.05, 3.63) is 76.7 Å². The lowest BCUT2D eigenvalue weighted by Gasteiger charge is -2.20. The number of anilines is 1. The normalized spacial score (nSPS) is 14.1. The van der Waals surface area contributed by atoms with E-state index in [1.807, 2.05) is 0 Å². The van der Waals surface area contributed by atoms with Gasteiger partial charge in [-0.05, 0) is 54.1 Å². The average Bonchev–Trinajstić information content (AvgIpc) is 2.85. The molecular weight excluding hydrogens is 502 g/mol. The van der Waals surface area contributed by atoms with Crippen molar-refractivity contribution in [2.75, 3.05) is 19.5 Å². The minimum atomic E-state index is -3.76. The van der Waals surface area contributed by atoms with E-state index >= 15 is 0 Å². The molecule has 0 aromatic heterocycles. The van der Waals surface area contributed by atoms with Gasteiger partial charge in [0, 0.05) is 11.8 Å². The molecule has 36 heavy (non-hydrogen) atoms. The van der Waals surface area contributed by atoms with Gasteiger partial charge in [-0.2, -0.15) is 0 Å². The van der Waals surface area contributed by atoms with Gasteiger partial charge in [-0.3, -0.25) is 9.59 Å². The Kier molecular flexibility index (Phi) is 7.37. The molecule has 1 aliphatic heterocycles. The Hall–Kier alpha value is -3.76. The number of esters is 1. The number of benzene rings is 3. The largest absolute Gasteiger partial charge is 0.496 e. The maximum Gasteiger partial charge on any atom is 0.308 e. The van der Waals surface area contributed by atoms with Gasteiger partial charge >= 0.3 is 5.97 Å². The van der Waals surface area contributed by atoms with E-state index in [0.717, 1.165) is 5.56 Å². The van der Waals surface area contributed by atoms with Gasteiger partial charge in [-0.25, -0.2) is 8.42 Å². The van der Waals surface area contributed by atoms with Crippen LogP contribution in [0.15, 0.2) is 75.4 Å². The Morgan fingerprint density at radius 2 is 1.67 bits per heavy atom. The molecule has 1 N–H and O–H groups in total. The number of nitrogens with one attached hydrogen (secondary N) is 1. The van der Waals surface area contributed by atoms with Crippen LogP contribution >= 0.6 is 11.8 Å². The summed E-state index contributed by atoms with van der Waals surface area (Å²) in [6.07, 6.45) is 1.68. The molecule has 0 unspecified atom stereocenters. The van der Waals surface area contributed by atoms with Crippen molar-refractivity contribution < 1.29 is 32.2 Å². The van der Waals surface area contributed by atoms with Crippen LogP contribution < -0.4 is 19.5 Å². The highest BCUT2D eigenvalue weighted by Crippen LogP contribution is 2.41. The number of hydrogen-bond acceptors (Lipinski definition) is 8. The first-order valence-electron chi connectivity index (χ1n) is 10.8. The van der Waals surface area contributed by atoms with Crippen molar-refractivity contribution in [1.29, 1.82) is 0 Å². The summed E-state index contributed by atoms with van der Waals surface area (Å²) < 4.78 is 42.3. The second-order valence-corrected chi connectivity index (χ2v) is 10.9. The van der Waals surface area contributed by atoms with E-state index < -0.39 is 15.8 Å². The molecule has 3 aromatic carbocycles. The van der Waals surface area contributed by atoms with Crippen LogP contribution in [0.25, 0.3) is 6.08 Å². The SMILES string of the molecule is COc1cccc(OC)c1CS(=O)(=O)c1ccc2c(c1)S/C(=C\c1ccc(OC(C)=O)cc1)C(=O)N2. The van der Waals surface area contributed by atoms with E-state index in [-0.39, 0.29) is 16.6 Å². The Bertz CT molecular complexity index is 1440. The standard InChI is InChI=1S/C26H23NO7S2/c1-16(28)34-18-9-7-17(8-10-18)13-25-26(29)27-21-12-11-19(14-24(21)35-25)36(30,31)15-20-22(32-2)5-4-6-23(20)33-3/h4-14H,15H2,1-3H3,(H,27,29)/b25-13-. The molecule has 3 aromatic rings. The number of methoxy groups -OCH3 is 2. The van der Waals surface area contributed by atoms with Crippen molar-refractivity contribution in [2.45, 2.75) is 22.5 Å². The number of fused-ring (bicyclic) bond motifs is 1. The third kappa shape index (κ3) is 5.55. The van der Waals surface area contributed by atoms with Gasteiger partial charge in [0.2, 0.25) is 0 Å². The van der Waals surface area contributed by atoms with E-state index in [9.17, 15) is 18.0 Å². The third-order valence-corrected chi connectivity index (χ3v) is 8.03. The second kappa shape index (κ2) is 10.5. The van der Waals surface area contributed by atoms with E-state index in [2.05, 4.69) is 5.32 Å². The van der Waals surface area contributed by atoms with Crippen LogP contribution in [0.4, 0.5) is 5.69 Å². The number of rotatable bonds is 7. The van der Waals surface area contributed by atoms with Gasteiger partial charge in [0.15, 0.2) is 9.84 Å². The fourth-order valence-electron chi connectivity index (χ4n) is 3.62. The first kappa shape index (κ1) is 25.3. The second-order valence-electron chi connectivity index (χ2n) is 7.79. The minimum absolute atomic E-state index is 0.114. The zero-order valence-electron chi connectivity index (χ0n) is 19.7. The number of thioether (sulfide) groups is 1. The minimum Gasteiger partial charge on any atom is -0.496 e. The maximum absolute atomic E-state index is 13.3. The smallest absolute Gasteiger partial charge is 0.308 e. The van der Waals surface area contributed by atoms with E-state index in [4.69, 9.17) is 14.2 Å². The van der Waals surface area contributed by atoms with Crippen LogP contribution in [0.3, 0.4) is 0 Å². The summed E-state index contributed by atoms with van der Waals surface area (Å²) in [6.45, 7) is 1.32. The van der Waals surface area contributed by atoms with Crippen LogP contribution in [0, 0.1) is 0 Å². The zero-order valence-corrected chi connectivity index (χ0v) is 21.4. The molecule has 0 bridgehead atoms. The highest BCUT2D eigenvalue weighted by molar-refractivity contribution is 8.04. The Morgan fingerprint density at radius 1 is 1.00 bits per heavy atom. The fourth-order valence-corrected chi connectivity index (χ4v) is 6.09. The predicted molar refractivity (Wildman–Crippen MR) is 137 cm³/mol. The number of sulfone groups is 1. The first-order chi connectivity index (χ1) is 17.2. The zero-order chi connectivity index (χ0) is 25.9. The van der Waals surface area contributed by atoms with Crippen LogP contribution in [0.5, 0.6) is 17.2 Å². The van der Waals surface area contributed by atoms with Gasteiger partial charge in [0.05, 0.1) is 41.0 Å². The summed E-state index contributed by atoms with van der Waals surface area (Å²) in [6, 6.07) is 16.4. The van der Waals surface area contributed by atoms with Crippen molar-refractivity contribution in [2.24, 2.45) is 0 Å². The summed E-state index contributed by atoms with van der Waals surface area (Å²) in [4.78, 5) is 24.8. The van der Waals surface area contributed by atoms with Crippen LogP contribution in [0.1, 0.15) is 18.1 Å². The molecule has 0 radical (unpaired) electrons. The Labute approximate surface area is 213 Å². The van der Waals surface area contributed by atoms with Crippen molar-refractivity contribution in [3.63, 3.8) is 0 Å². The molecule has 0 fully saturated rings. The topological polar surface area (TPSA) is 108 Å². The Morgan fingerprint density at radius 3 is 2.28 bits per heavy atom. The summed E-state index contributed by atoms with van der Waals surface area (Å²) >= 11 is 1.18. The summed E-state index contributed by atoms with van der Waals surface area (Å²) in [5.41, 5.74) is 1.68. The fraction of sp³-hybridized carbons (Fsp3) is 0.154. The van der Waals surface area contributed by atoms with Crippen molar-refractivity contribution in [3.8, 4) is 17.2 Å².